The molecule has 1 aromatic heterocycles. The van der Waals surface area contributed by atoms with Crippen LogP contribution in [0.25, 0.3) is 10.9 Å². The van der Waals surface area contributed by atoms with E-state index in [1.807, 2.05) is 37.4 Å². The molecule has 3 nitrogen and oxygen atoms in total. The SMILES string of the molecule is CNCCn1c(=O)ccc2ccccc21. The zero-order valence-electron chi connectivity index (χ0n) is 8.73. The molecule has 0 saturated heterocycles. The highest BCUT2D eigenvalue weighted by molar-refractivity contribution is 5.78. The second kappa shape index (κ2) is 4.28. The Kier molecular flexibility index (Phi) is 2.83. The summed E-state index contributed by atoms with van der Waals surface area (Å²) in [4.78, 5) is 11.7. The lowest BCUT2D eigenvalue weighted by Gasteiger charge is -2.09. The Hall–Kier alpha value is -1.61. The summed E-state index contributed by atoms with van der Waals surface area (Å²) in [5, 5.41) is 4.15. The van der Waals surface area contributed by atoms with Crippen LogP contribution < -0.4 is 10.9 Å². The van der Waals surface area contributed by atoms with Gasteiger partial charge in [-0.1, -0.05) is 18.2 Å². The van der Waals surface area contributed by atoms with Crippen LogP contribution in [-0.2, 0) is 6.54 Å². The van der Waals surface area contributed by atoms with Gasteiger partial charge in [-0.05, 0) is 24.6 Å². The van der Waals surface area contributed by atoms with Gasteiger partial charge in [0.2, 0.25) is 0 Å². The van der Waals surface area contributed by atoms with Crippen molar-refractivity contribution in [3.05, 3.63) is 46.8 Å². The summed E-state index contributed by atoms with van der Waals surface area (Å²) in [5.41, 5.74) is 1.06. The van der Waals surface area contributed by atoms with E-state index in [0.717, 1.165) is 17.4 Å². The van der Waals surface area contributed by atoms with E-state index < -0.39 is 0 Å². The molecule has 78 valence electrons. The van der Waals surface area contributed by atoms with Gasteiger partial charge in [-0.2, -0.15) is 0 Å². The van der Waals surface area contributed by atoms with Gasteiger partial charge in [0.25, 0.3) is 5.56 Å². The molecule has 0 aliphatic heterocycles. The number of aromatic nitrogens is 1. The van der Waals surface area contributed by atoms with Gasteiger partial charge in [-0.25, -0.2) is 0 Å². The van der Waals surface area contributed by atoms with Gasteiger partial charge >= 0.3 is 0 Å². The molecule has 0 unspecified atom stereocenters. The van der Waals surface area contributed by atoms with E-state index >= 15 is 0 Å². The number of hydrogen-bond acceptors (Lipinski definition) is 2. The molecule has 0 spiro atoms. The van der Waals surface area contributed by atoms with Crippen LogP contribution in [0.5, 0.6) is 0 Å². The number of benzene rings is 1. The van der Waals surface area contributed by atoms with Crippen molar-refractivity contribution in [3.8, 4) is 0 Å². The summed E-state index contributed by atoms with van der Waals surface area (Å²) in [6, 6.07) is 11.4. The molecule has 3 heteroatoms. The van der Waals surface area contributed by atoms with Crippen molar-refractivity contribution in [3.63, 3.8) is 0 Å². The quantitative estimate of drug-likeness (QED) is 0.812. The minimum absolute atomic E-state index is 0.0592. The van der Waals surface area contributed by atoms with Crippen LogP contribution in [-0.4, -0.2) is 18.2 Å². The predicted octanol–water partition coefficient (Wildman–Crippen LogP) is 1.22. The first kappa shape index (κ1) is 9.93. The number of para-hydroxylation sites is 1. The smallest absolute Gasteiger partial charge is 0.251 e. The molecule has 0 amide bonds. The predicted molar refractivity (Wildman–Crippen MR) is 62.1 cm³/mol. The van der Waals surface area contributed by atoms with Gasteiger partial charge in [-0.3, -0.25) is 4.79 Å². The Labute approximate surface area is 88.3 Å². The first-order valence-electron chi connectivity index (χ1n) is 5.06. The Bertz CT molecular complexity index is 516. The maximum Gasteiger partial charge on any atom is 0.251 e. The number of rotatable bonds is 3. The molecule has 0 radical (unpaired) electrons. The minimum atomic E-state index is 0.0592. The zero-order chi connectivity index (χ0) is 10.7. The maximum atomic E-state index is 11.7. The highest BCUT2D eigenvalue weighted by atomic mass is 16.1. The first-order valence-corrected chi connectivity index (χ1v) is 5.06. The number of pyridine rings is 1. The monoisotopic (exact) mass is 202 g/mol. The average molecular weight is 202 g/mol. The molecule has 0 fully saturated rings. The summed E-state index contributed by atoms with van der Waals surface area (Å²) >= 11 is 0. The number of fused-ring (bicyclic) bond motifs is 1. The molecule has 2 rings (SSSR count). The third-order valence-corrected chi connectivity index (χ3v) is 2.48. The maximum absolute atomic E-state index is 11.7. The average Bonchev–Trinajstić information content (AvgIpc) is 2.28. The first-order chi connectivity index (χ1) is 7.33. The van der Waals surface area contributed by atoms with E-state index in [1.54, 1.807) is 10.6 Å². The van der Waals surface area contributed by atoms with E-state index in [2.05, 4.69) is 5.32 Å². The number of nitrogens with zero attached hydrogens (tertiary/aromatic N) is 1. The van der Waals surface area contributed by atoms with Crippen molar-refractivity contribution < 1.29 is 0 Å². The summed E-state index contributed by atoms with van der Waals surface area (Å²) in [5.74, 6) is 0. The van der Waals surface area contributed by atoms with Crippen LogP contribution in [0.2, 0.25) is 0 Å². The minimum Gasteiger partial charge on any atom is -0.318 e. The topological polar surface area (TPSA) is 34.0 Å². The lowest BCUT2D eigenvalue weighted by Crippen LogP contribution is -2.24. The van der Waals surface area contributed by atoms with E-state index in [-0.39, 0.29) is 5.56 Å². The number of hydrogen-bond donors (Lipinski definition) is 1. The lowest BCUT2D eigenvalue weighted by atomic mass is 10.2. The Morgan fingerprint density at radius 3 is 2.80 bits per heavy atom. The molecule has 0 saturated carbocycles. The summed E-state index contributed by atoms with van der Waals surface area (Å²) in [6.07, 6.45) is 0. The molecule has 1 aromatic carbocycles. The molecule has 1 heterocycles. The highest BCUT2D eigenvalue weighted by Gasteiger charge is 2.00. The Morgan fingerprint density at radius 1 is 1.20 bits per heavy atom. The molecule has 0 aliphatic carbocycles. The molecule has 0 aliphatic rings. The molecule has 15 heavy (non-hydrogen) atoms. The van der Waals surface area contributed by atoms with Crippen LogP contribution in [0.3, 0.4) is 0 Å². The molecular formula is C12H14N2O. The number of likely N-dealkylation sites (N-methyl/N-ethyl adjacent to an activating group) is 1. The van der Waals surface area contributed by atoms with Crippen LogP contribution in [0.4, 0.5) is 0 Å². The van der Waals surface area contributed by atoms with Gasteiger partial charge in [0.15, 0.2) is 0 Å². The van der Waals surface area contributed by atoms with Crippen molar-refractivity contribution in [1.82, 2.24) is 9.88 Å². The third kappa shape index (κ3) is 1.92. The van der Waals surface area contributed by atoms with Crippen LogP contribution >= 0.6 is 0 Å². The van der Waals surface area contributed by atoms with Crippen LogP contribution in [0, 0.1) is 0 Å². The molecule has 1 N–H and O–H groups in total. The van der Waals surface area contributed by atoms with Crippen molar-refractivity contribution in [2.75, 3.05) is 13.6 Å². The van der Waals surface area contributed by atoms with Crippen molar-refractivity contribution in [2.45, 2.75) is 6.54 Å². The highest BCUT2D eigenvalue weighted by Crippen LogP contribution is 2.10. The second-order valence-electron chi connectivity index (χ2n) is 3.49. The third-order valence-electron chi connectivity index (χ3n) is 2.48. The van der Waals surface area contributed by atoms with E-state index in [1.165, 1.54) is 0 Å². The van der Waals surface area contributed by atoms with E-state index in [4.69, 9.17) is 0 Å². The fraction of sp³-hybridized carbons (Fsp3) is 0.250. The fourth-order valence-electron chi connectivity index (χ4n) is 1.70. The van der Waals surface area contributed by atoms with Crippen molar-refractivity contribution in [2.24, 2.45) is 0 Å². The van der Waals surface area contributed by atoms with Crippen LogP contribution in [0.15, 0.2) is 41.2 Å². The summed E-state index contributed by atoms with van der Waals surface area (Å²) in [6.45, 7) is 1.50. The van der Waals surface area contributed by atoms with E-state index in [0.29, 0.717) is 6.54 Å². The summed E-state index contributed by atoms with van der Waals surface area (Å²) < 4.78 is 1.80. The standard InChI is InChI=1S/C12H14N2O/c1-13-8-9-14-11-5-3-2-4-10(11)6-7-12(14)15/h2-7,13H,8-9H2,1H3. The number of nitrogens with one attached hydrogen (secondary N) is 1. The van der Waals surface area contributed by atoms with Gasteiger partial charge in [0.1, 0.15) is 0 Å². The molecule has 2 aromatic rings. The zero-order valence-corrected chi connectivity index (χ0v) is 8.73. The Morgan fingerprint density at radius 2 is 2.00 bits per heavy atom. The molecular weight excluding hydrogens is 188 g/mol. The fourth-order valence-corrected chi connectivity index (χ4v) is 1.70. The summed E-state index contributed by atoms with van der Waals surface area (Å²) in [7, 11) is 1.89. The molecule has 0 bridgehead atoms. The van der Waals surface area contributed by atoms with Gasteiger partial charge < -0.3 is 9.88 Å². The molecule has 0 atom stereocenters. The van der Waals surface area contributed by atoms with E-state index in [9.17, 15) is 4.79 Å². The van der Waals surface area contributed by atoms with Crippen LogP contribution in [0.1, 0.15) is 0 Å². The van der Waals surface area contributed by atoms with Gasteiger partial charge in [0.05, 0.1) is 5.52 Å². The lowest BCUT2D eigenvalue weighted by molar-refractivity contribution is 0.644. The van der Waals surface area contributed by atoms with Crippen molar-refractivity contribution >= 4 is 10.9 Å². The largest absolute Gasteiger partial charge is 0.318 e. The Balaban J connectivity index is 2.58. The second-order valence-corrected chi connectivity index (χ2v) is 3.49. The van der Waals surface area contributed by atoms with Gasteiger partial charge in [0, 0.05) is 19.2 Å². The normalized spacial score (nSPS) is 10.7. The van der Waals surface area contributed by atoms with Crippen molar-refractivity contribution in [1.29, 1.82) is 0 Å². The van der Waals surface area contributed by atoms with Gasteiger partial charge in [-0.15, -0.1) is 0 Å².